The van der Waals surface area contributed by atoms with Gasteiger partial charge in [-0.2, -0.15) is 10.2 Å². The maximum Gasteiger partial charge on any atom is 0.412 e. The highest BCUT2D eigenvalue weighted by Gasteiger charge is 2.45. The monoisotopic (exact) mass is 818 g/mol. The van der Waals surface area contributed by atoms with E-state index < -0.39 is 23.1 Å². The predicted molar refractivity (Wildman–Crippen MR) is 220 cm³/mol. The molecule has 2 aromatic carbocycles. The van der Waals surface area contributed by atoms with Crippen LogP contribution in [0.4, 0.5) is 30.7 Å². The highest BCUT2D eigenvalue weighted by Crippen LogP contribution is 2.51. The normalized spacial score (nSPS) is 20.8. The first-order valence-electron chi connectivity index (χ1n) is 19.4. The molecule has 3 fully saturated rings. The number of nitriles is 1. The van der Waals surface area contributed by atoms with Gasteiger partial charge in [0.25, 0.3) is 0 Å². The van der Waals surface area contributed by atoms with Gasteiger partial charge in [-0.25, -0.2) is 19.0 Å². The van der Waals surface area contributed by atoms with E-state index in [1.165, 1.54) is 6.07 Å². The Balaban J connectivity index is 1.32. The van der Waals surface area contributed by atoms with Crippen LogP contribution in [0.3, 0.4) is 0 Å². The molecule has 0 spiro atoms. The largest absolute Gasteiger partial charge is 0.444 e. The van der Waals surface area contributed by atoms with Gasteiger partial charge in [-0.1, -0.05) is 11.6 Å². The van der Waals surface area contributed by atoms with Crippen molar-refractivity contribution in [2.24, 2.45) is 0 Å². The third-order valence-corrected chi connectivity index (χ3v) is 12.5. The number of halogens is 2. The Hall–Kier alpha value is -4.49. The van der Waals surface area contributed by atoms with Crippen LogP contribution >= 0.6 is 22.9 Å². The number of carbonyl (C=O) groups excluding carboxylic acids is 2. The molecule has 4 aliphatic rings. The molecule has 0 radical (unpaired) electrons. The summed E-state index contributed by atoms with van der Waals surface area (Å²) in [6.45, 7) is 13.7. The van der Waals surface area contributed by atoms with E-state index in [1.807, 2.05) is 20.8 Å². The second kappa shape index (κ2) is 14.4. The van der Waals surface area contributed by atoms with Gasteiger partial charge >= 0.3 is 12.2 Å². The molecule has 302 valence electrons. The van der Waals surface area contributed by atoms with E-state index >= 15 is 4.39 Å². The summed E-state index contributed by atoms with van der Waals surface area (Å²) in [6, 6.07) is 5.43. The minimum Gasteiger partial charge on any atom is -0.444 e. The highest BCUT2D eigenvalue weighted by molar-refractivity contribution is 7.23. The van der Waals surface area contributed by atoms with E-state index in [9.17, 15) is 14.9 Å². The SMILES string of the molecule is CN(C)[C@H]1CCN(c2nc(N3C4CCC3CN(C(=O)OC(C)(C)C)C4)c3c4c(c(-c5c(F)ccc6sc(NC(=O)OC(C)(C)C)c(C#N)c56)c(Cl)c3n2)COC4)C1. The molecule has 2 aromatic heterocycles. The molecule has 2 unspecified atom stereocenters. The number of fused-ring (bicyclic) bond motifs is 6. The van der Waals surface area contributed by atoms with Gasteiger partial charge in [0.05, 0.1) is 34.7 Å². The molecule has 4 aliphatic heterocycles. The number of thiophene rings is 1. The number of nitrogens with one attached hydrogen (secondary N) is 1. The maximum absolute atomic E-state index is 16.6. The predicted octanol–water partition coefficient (Wildman–Crippen LogP) is 8.28. The highest BCUT2D eigenvalue weighted by atomic mass is 35.5. The number of likely N-dealkylation sites (tertiary alicyclic amines) is 1. The zero-order valence-electron chi connectivity index (χ0n) is 33.6. The summed E-state index contributed by atoms with van der Waals surface area (Å²) >= 11 is 8.74. The lowest BCUT2D eigenvalue weighted by atomic mass is 9.90. The van der Waals surface area contributed by atoms with Gasteiger partial charge < -0.3 is 33.8 Å². The first-order chi connectivity index (χ1) is 26.9. The van der Waals surface area contributed by atoms with Gasteiger partial charge in [0.1, 0.15) is 33.9 Å². The van der Waals surface area contributed by atoms with Crippen LogP contribution in [0.25, 0.3) is 32.1 Å². The fourth-order valence-corrected chi connectivity index (χ4v) is 10.1. The number of amides is 2. The minimum atomic E-state index is -0.767. The van der Waals surface area contributed by atoms with Crippen molar-refractivity contribution in [3.05, 3.63) is 39.7 Å². The molecule has 3 atom stereocenters. The second-order valence-corrected chi connectivity index (χ2v) is 19.0. The Morgan fingerprint density at radius 2 is 1.67 bits per heavy atom. The summed E-state index contributed by atoms with van der Waals surface area (Å²) in [5.41, 5.74) is 1.25. The lowest BCUT2D eigenvalue weighted by Crippen LogP contribution is -2.56. The molecule has 2 bridgehead atoms. The number of rotatable bonds is 5. The first-order valence-corrected chi connectivity index (χ1v) is 20.6. The summed E-state index contributed by atoms with van der Waals surface area (Å²) in [6.07, 6.45) is 1.61. The molecule has 57 heavy (non-hydrogen) atoms. The summed E-state index contributed by atoms with van der Waals surface area (Å²) in [4.78, 5) is 45.2. The van der Waals surface area contributed by atoms with E-state index in [0.29, 0.717) is 51.8 Å². The zero-order valence-corrected chi connectivity index (χ0v) is 35.2. The average Bonchev–Trinajstić information content (AvgIpc) is 3.92. The van der Waals surface area contributed by atoms with Gasteiger partial charge in [0.15, 0.2) is 0 Å². The smallest absolute Gasteiger partial charge is 0.412 e. The molecule has 16 heteroatoms. The average molecular weight is 819 g/mol. The van der Waals surface area contributed by atoms with Crippen LogP contribution < -0.4 is 15.1 Å². The Morgan fingerprint density at radius 3 is 2.30 bits per heavy atom. The van der Waals surface area contributed by atoms with E-state index in [0.717, 1.165) is 60.5 Å². The number of piperazine rings is 1. The Morgan fingerprint density at radius 1 is 0.982 bits per heavy atom. The van der Waals surface area contributed by atoms with E-state index in [1.54, 1.807) is 31.7 Å². The fraction of sp³-hybridized carbons (Fsp3) is 0.537. The van der Waals surface area contributed by atoms with Crippen LogP contribution in [-0.4, -0.2) is 102 Å². The van der Waals surface area contributed by atoms with Gasteiger partial charge in [-0.15, -0.1) is 11.3 Å². The van der Waals surface area contributed by atoms with Crippen molar-refractivity contribution < 1.29 is 28.2 Å². The molecule has 8 rings (SSSR count). The molecule has 13 nitrogen and oxygen atoms in total. The number of likely N-dealkylation sites (N-methyl/N-ethyl adjacent to an activating group) is 1. The molecule has 4 aromatic rings. The third kappa shape index (κ3) is 7.19. The first kappa shape index (κ1) is 39.3. The second-order valence-electron chi connectivity index (χ2n) is 17.6. The summed E-state index contributed by atoms with van der Waals surface area (Å²) in [7, 11) is 4.14. The summed E-state index contributed by atoms with van der Waals surface area (Å²) in [5, 5.41) is 14.8. The molecule has 0 aliphatic carbocycles. The van der Waals surface area contributed by atoms with E-state index in [2.05, 4.69) is 40.2 Å². The molecule has 6 heterocycles. The Kier molecular flexibility index (Phi) is 9.94. The number of hydrogen-bond donors (Lipinski definition) is 1. The number of hydrogen-bond acceptors (Lipinski definition) is 12. The van der Waals surface area contributed by atoms with Crippen LogP contribution in [-0.2, 0) is 27.4 Å². The van der Waals surface area contributed by atoms with Gasteiger partial charge in [0.2, 0.25) is 5.95 Å². The van der Waals surface area contributed by atoms with Crippen molar-refractivity contribution in [1.82, 2.24) is 19.8 Å². The molecule has 0 saturated carbocycles. The van der Waals surface area contributed by atoms with Crippen molar-refractivity contribution in [2.75, 3.05) is 55.4 Å². The molecule has 1 N–H and O–H groups in total. The van der Waals surface area contributed by atoms with Gasteiger partial charge in [-0.3, -0.25) is 5.32 Å². The van der Waals surface area contributed by atoms with E-state index in [-0.39, 0.29) is 52.5 Å². The number of benzene rings is 2. The molecule has 3 saturated heterocycles. The maximum atomic E-state index is 16.6. The lowest BCUT2D eigenvalue weighted by molar-refractivity contribution is 0.0209. The van der Waals surface area contributed by atoms with Crippen LogP contribution in [0.15, 0.2) is 12.1 Å². The van der Waals surface area contributed by atoms with Crippen LogP contribution in [0.2, 0.25) is 5.02 Å². The summed E-state index contributed by atoms with van der Waals surface area (Å²) in [5.74, 6) is 0.680. The van der Waals surface area contributed by atoms with Gasteiger partial charge in [0, 0.05) is 65.5 Å². The van der Waals surface area contributed by atoms with Crippen molar-refractivity contribution in [3.8, 4) is 17.2 Å². The number of anilines is 3. The Bertz CT molecular complexity index is 2340. The number of carbonyl (C=O) groups is 2. The number of aromatic nitrogens is 2. The van der Waals surface area contributed by atoms with Crippen molar-refractivity contribution in [3.63, 3.8) is 0 Å². The number of ether oxygens (including phenoxy) is 3. The molecule has 2 amide bonds. The third-order valence-electron chi connectivity index (χ3n) is 11.1. The molecular weight excluding hydrogens is 771 g/mol. The van der Waals surface area contributed by atoms with Crippen LogP contribution in [0, 0.1) is 17.1 Å². The standard InChI is InChI=1S/C41H48ClFN8O5S/c1-40(2,3)55-38(52)47-36-24(15-44)29-28(57-36)12-11-27(43)32(29)30-25-19-54-20-26(25)31-34(33(30)42)45-37(49-14-13-21(16-49)48(7)8)46-35(31)51-22-9-10-23(51)18-50(17-22)39(53)56-41(4,5)6/h11-12,21-23H,9-10,13-14,16-20H2,1-8H3,(H,47,52)/t21-,22?,23?/m0/s1. The zero-order chi connectivity index (χ0) is 40.7. The fourth-order valence-electron chi connectivity index (χ4n) is 8.66. The van der Waals surface area contributed by atoms with Crippen LogP contribution in [0.1, 0.15) is 77.5 Å². The quantitative estimate of drug-likeness (QED) is 0.208. The lowest BCUT2D eigenvalue weighted by Gasteiger charge is -2.42. The van der Waals surface area contributed by atoms with Crippen LogP contribution in [0.5, 0.6) is 0 Å². The summed E-state index contributed by atoms with van der Waals surface area (Å²) < 4.78 is 34.6. The minimum absolute atomic E-state index is 0.0298. The van der Waals surface area contributed by atoms with Crippen molar-refractivity contribution in [1.29, 1.82) is 5.26 Å². The topological polar surface area (TPSA) is 136 Å². The van der Waals surface area contributed by atoms with Crippen molar-refractivity contribution >= 4 is 72.9 Å². The van der Waals surface area contributed by atoms with E-state index in [4.69, 9.17) is 35.8 Å². The number of nitrogens with zero attached hydrogens (tertiary/aromatic N) is 7. The van der Waals surface area contributed by atoms with Gasteiger partial charge in [-0.05, 0) is 98.2 Å². The van der Waals surface area contributed by atoms with Crippen molar-refractivity contribution in [2.45, 2.75) is 103 Å². The molecular formula is C41H48ClFN8O5S. The Labute approximate surface area is 340 Å².